The maximum Gasteiger partial charge on any atom is 0.155 e. The molecule has 0 radical (unpaired) electrons. The number of unbranched alkanes of at least 4 members (excludes halogenated alkanes) is 2. The van der Waals surface area contributed by atoms with Crippen molar-refractivity contribution in [2.45, 2.75) is 32.1 Å². The predicted octanol–water partition coefficient (Wildman–Crippen LogP) is 2.24. The number of hydrogen-bond acceptors (Lipinski definition) is 2. The Morgan fingerprint density at radius 2 is 2.29 bits per heavy atom. The van der Waals surface area contributed by atoms with Crippen LogP contribution in [0.3, 0.4) is 0 Å². The summed E-state index contributed by atoms with van der Waals surface area (Å²) < 4.78 is 0. The zero-order valence-electron chi connectivity index (χ0n) is 8.48. The molecule has 78 valence electrons. The van der Waals surface area contributed by atoms with Crippen LogP contribution in [-0.4, -0.2) is 17.5 Å². The molecule has 1 unspecified atom stereocenters. The van der Waals surface area contributed by atoms with Gasteiger partial charge < -0.3 is 5.11 Å². The van der Waals surface area contributed by atoms with Crippen LogP contribution in [0, 0.1) is 5.92 Å². The summed E-state index contributed by atoms with van der Waals surface area (Å²) in [5.74, 6) is 0.681. The van der Waals surface area contributed by atoms with Gasteiger partial charge in [0.05, 0.1) is 0 Å². The number of ketones is 1. The van der Waals surface area contributed by atoms with Crippen molar-refractivity contribution in [2.75, 3.05) is 6.61 Å². The molecule has 0 aromatic heterocycles. The Kier molecular flexibility index (Phi) is 5.23. The molecule has 2 nitrogen and oxygen atoms in total. The molecular weight excluding hydrogens is 176 g/mol. The van der Waals surface area contributed by atoms with E-state index in [1.165, 1.54) is 0 Å². The van der Waals surface area contributed by atoms with E-state index in [1.807, 2.05) is 6.08 Å². The first-order valence-corrected chi connectivity index (χ1v) is 5.30. The predicted molar refractivity (Wildman–Crippen MR) is 56.9 cm³/mol. The molecule has 0 saturated heterocycles. The van der Waals surface area contributed by atoms with Crippen molar-refractivity contribution in [3.63, 3.8) is 0 Å². The number of aliphatic hydroxyl groups is 1. The Morgan fingerprint density at radius 1 is 1.43 bits per heavy atom. The van der Waals surface area contributed by atoms with Crippen molar-refractivity contribution in [1.29, 1.82) is 0 Å². The summed E-state index contributed by atoms with van der Waals surface area (Å²) in [4.78, 5) is 10.9. The van der Waals surface area contributed by atoms with Gasteiger partial charge in [0.15, 0.2) is 5.78 Å². The summed E-state index contributed by atoms with van der Waals surface area (Å²) in [6.45, 7) is 0.285. The van der Waals surface area contributed by atoms with Crippen molar-refractivity contribution < 1.29 is 9.90 Å². The number of rotatable bonds is 6. The molecule has 0 fully saturated rings. The smallest absolute Gasteiger partial charge is 0.155 e. The molecule has 1 aliphatic rings. The molecule has 1 aliphatic carbocycles. The highest BCUT2D eigenvalue weighted by atomic mass is 16.2. The molecule has 1 N–H and O–H groups in total. The quantitative estimate of drug-likeness (QED) is 0.520. The number of hydrogen-bond donors (Lipinski definition) is 1. The molecule has 0 aliphatic heterocycles. The van der Waals surface area contributed by atoms with Crippen LogP contribution in [-0.2, 0) is 4.79 Å². The van der Waals surface area contributed by atoms with Crippen molar-refractivity contribution in [3.8, 4) is 0 Å². The number of carbonyl (C=O) groups is 1. The lowest BCUT2D eigenvalue weighted by molar-refractivity contribution is -0.114. The van der Waals surface area contributed by atoms with Gasteiger partial charge in [-0.3, -0.25) is 4.79 Å². The molecular formula is C12H18O2. The average Bonchev–Trinajstić information content (AvgIpc) is 2.58. The molecule has 0 spiro atoms. The zero-order valence-corrected chi connectivity index (χ0v) is 8.48. The highest BCUT2D eigenvalue weighted by molar-refractivity contribution is 5.92. The minimum absolute atomic E-state index is 0.253. The summed E-state index contributed by atoms with van der Waals surface area (Å²) in [5.41, 5.74) is 0. The molecule has 0 heterocycles. The number of allylic oxidation sites excluding steroid dienone is 4. The first kappa shape index (κ1) is 11.2. The normalized spacial score (nSPS) is 21.2. The zero-order chi connectivity index (χ0) is 10.2. The second-order valence-electron chi connectivity index (χ2n) is 3.72. The lowest BCUT2D eigenvalue weighted by Crippen LogP contribution is -1.94. The fourth-order valence-electron chi connectivity index (χ4n) is 1.56. The van der Waals surface area contributed by atoms with E-state index in [1.54, 1.807) is 6.08 Å². The fourth-order valence-corrected chi connectivity index (χ4v) is 1.56. The summed E-state index contributed by atoms with van der Waals surface area (Å²) in [6, 6.07) is 0. The Labute approximate surface area is 85.3 Å². The topological polar surface area (TPSA) is 37.3 Å². The minimum atomic E-state index is 0.253. The Balaban J connectivity index is 2.03. The van der Waals surface area contributed by atoms with Crippen LogP contribution in [0.4, 0.5) is 0 Å². The third kappa shape index (κ3) is 4.38. The second kappa shape index (κ2) is 6.55. The van der Waals surface area contributed by atoms with Gasteiger partial charge in [0.1, 0.15) is 0 Å². The number of aliphatic hydroxyl groups excluding tert-OH is 1. The van der Waals surface area contributed by atoms with Gasteiger partial charge in [0.2, 0.25) is 0 Å². The largest absolute Gasteiger partial charge is 0.396 e. The maximum atomic E-state index is 10.9. The van der Waals surface area contributed by atoms with E-state index in [9.17, 15) is 4.79 Å². The molecule has 2 heteroatoms. The molecule has 0 saturated carbocycles. The monoisotopic (exact) mass is 194 g/mol. The second-order valence-corrected chi connectivity index (χ2v) is 3.72. The van der Waals surface area contributed by atoms with Crippen LogP contribution < -0.4 is 0 Å². The lowest BCUT2D eigenvalue weighted by Gasteiger charge is -2.00. The molecule has 0 bridgehead atoms. The van der Waals surface area contributed by atoms with Gasteiger partial charge in [-0.05, 0) is 37.7 Å². The minimum Gasteiger partial charge on any atom is -0.396 e. The van der Waals surface area contributed by atoms with Crippen molar-refractivity contribution in [1.82, 2.24) is 0 Å². The average molecular weight is 194 g/mol. The van der Waals surface area contributed by atoms with Crippen LogP contribution in [0.1, 0.15) is 32.1 Å². The maximum absolute atomic E-state index is 10.9. The Bertz CT molecular complexity index is 228. The van der Waals surface area contributed by atoms with E-state index in [0.29, 0.717) is 12.3 Å². The van der Waals surface area contributed by atoms with Gasteiger partial charge in [-0.2, -0.15) is 0 Å². The molecule has 1 rings (SSSR count). The van der Waals surface area contributed by atoms with E-state index in [0.717, 1.165) is 25.7 Å². The van der Waals surface area contributed by atoms with Gasteiger partial charge in [-0.15, -0.1) is 0 Å². The Hall–Kier alpha value is -0.890. The third-order valence-electron chi connectivity index (χ3n) is 2.40. The van der Waals surface area contributed by atoms with Gasteiger partial charge >= 0.3 is 0 Å². The van der Waals surface area contributed by atoms with E-state index >= 15 is 0 Å². The first-order chi connectivity index (χ1) is 6.83. The van der Waals surface area contributed by atoms with E-state index in [-0.39, 0.29) is 12.4 Å². The van der Waals surface area contributed by atoms with Crippen LogP contribution in [0.15, 0.2) is 24.3 Å². The van der Waals surface area contributed by atoms with Crippen LogP contribution in [0.25, 0.3) is 0 Å². The first-order valence-electron chi connectivity index (χ1n) is 5.30. The summed E-state index contributed by atoms with van der Waals surface area (Å²) in [6.07, 6.45) is 12.6. The lowest BCUT2D eigenvalue weighted by atomic mass is 10.0. The van der Waals surface area contributed by atoms with Crippen molar-refractivity contribution in [2.24, 2.45) is 5.92 Å². The van der Waals surface area contributed by atoms with E-state index in [4.69, 9.17) is 5.11 Å². The van der Waals surface area contributed by atoms with Crippen molar-refractivity contribution in [3.05, 3.63) is 24.3 Å². The SMILES string of the molecule is O=C1C=CC(CC=CCCCCO)C1. The summed E-state index contributed by atoms with van der Waals surface area (Å²) in [5, 5.41) is 8.55. The van der Waals surface area contributed by atoms with Gasteiger partial charge in [-0.25, -0.2) is 0 Å². The third-order valence-corrected chi connectivity index (χ3v) is 2.40. The number of carbonyl (C=O) groups excluding carboxylic acids is 1. The van der Waals surface area contributed by atoms with Crippen molar-refractivity contribution >= 4 is 5.78 Å². The van der Waals surface area contributed by atoms with E-state index in [2.05, 4.69) is 12.2 Å². The Morgan fingerprint density at radius 3 is 2.93 bits per heavy atom. The van der Waals surface area contributed by atoms with E-state index < -0.39 is 0 Å². The fraction of sp³-hybridized carbons (Fsp3) is 0.583. The molecule has 1 atom stereocenters. The van der Waals surface area contributed by atoms with Crippen LogP contribution >= 0.6 is 0 Å². The van der Waals surface area contributed by atoms with Crippen LogP contribution in [0.2, 0.25) is 0 Å². The van der Waals surface area contributed by atoms with Gasteiger partial charge in [-0.1, -0.05) is 18.2 Å². The highest BCUT2D eigenvalue weighted by Crippen LogP contribution is 2.18. The van der Waals surface area contributed by atoms with Gasteiger partial charge in [0.25, 0.3) is 0 Å². The molecule has 0 aromatic rings. The highest BCUT2D eigenvalue weighted by Gasteiger charge is 2.13. The van der Waals surface area contributed by atoms with Gasteiger partial charge in [0, 0.05) is 13.0 Å². The summed E-state index contributed by atoms with van der Waals surface area (Å²) in [7, 11) is 0. The molecule has 0 aromatic carbocycles. The van der Waals surface area contributed by atoms with Crippen LogP contribution in [0.5, 0.6) is 0 Å². The summed E-state index contributed by atoms with van der Waals surface area (Å²) >= 11 is 0. The molecule has 0 amide bonds. The standard InChI is InChI=1S/C12H18O2/c13-9-5-3-1-2-4-6-11-7-8-12(14)10-11/h2,4,7-8,11,13H,1,3,5-6,9-10H2. The molecule has 14 heavy (non-hydrogen) atoms.